The molecule has 2 aromatic rings. The van der Waals surface area contributed by atoms with Crippen molar-refractivity contribution in [3.63, 3.8) is 0 Å². The van der Waals surface area contributed by atoms with Gasteiger partial charge in [-0.15, -0.1) is 0 Å². The fourth-order valence-electron chi connectivity index (χ4n) is 4.47. The third kappa shape index (κ3) is 4.41. The molecule has 1 aliphatic heterocycles. The molecule has 0 aromatic heterocycles. The van der Waals surface area contributed by atoms with Gasteiger partial charge in [-0.05, 0) is 74.4 Å². The lowest BCUT2D eigenvalue weighted by molar-refractivity contribution is -0.127. The van der Waals surface area contributed by atoms with Crippen LogP contribution in [0.3, 0.4) is 0 Å². The molecule has 1 N–H and O–H groups in total. The van der Waals surface area contributed by atoms with Crippen LogP contribution >= 0.6 is 0 Å². The van der Waals surface area contributed by atoms with Crippen LogP contribution in [0, 0.1) is 5.92 Å². The Bertz CT molecular complexity index is 778. The molecule has 4 rings (SSSR count). The number of hydrogen-bond donors (Lipinski definition) is 1. The van der Waals surface area contributed by atoms with E-state index in [9.17, 15) is 4.79 Å². The predicted molar refractivity (Wildman–Crippen MR) is 109 cm³/mol. The van der Waals surface area contributed by atoms with E-state index < -0.39 is 0 Å². The number of carbonyl (C=O) groups is 1. The first-order valence-corrected chi connectivity index (χ1v) is 10.4. The van der Waals surface area contributed by atoms with Gasteiger partial charge in [0.25, 0.3) is 0 Å². The lowest BCUT2D eigenvalue weighted by atomic mass is 9.94. The lowest BCUT2D eigenvalue weighted by Gasteiger charge is -2.32. The standard InChI is InChI=1S/C24H30N2O/c1-18(22-11-10-20-8-5-9-23(20)16-22)25-24(27)21-12-14-26(15-13-21)17-19-6-3-2-4-7-19/h2-4,6-7,10-11,16,18,21H,5,8-9,12-15,17H2,1H3,(H,25,27)/t18-/m1/s1. The van der Waals surface area contributed by atoms with Crippen LogP contribution in [0.4, 0.5) is 0 Å². The summed E-state index contributed by atoms with van der Waals surface area (Å²) < 4.78 is 0. The quantitative estimate of drug-likeness (QED) is 0.862. The first-order chi connectivity index (χ1) is 13.2. The van der Waals surface area contributed by atoms with Crippen LogP contribution in [0.2, 0.25) is 0 Å². The van der Waals surface area contributed by atoms with Crippen LogP contribution in [0.1, 0.15) is 54.5 Å². The fourth-order valence-corrected chi connectivity index (χ4v) is 4.47. The van der Waals surface area contributed by atoms with Crippen molar-refractivity contribution in [3.05, 3.63) is 70.8 Å². The topological polar surface area (TPSA) is 32.3 Å². The van der Waals surface area contributed by atoms with Crippen molar-refractivity contribution in [3.8, 4) is 0 Å². The van der Waals surface area contributed by atoms with E-state index in [1.807, 2.05) is 0 Å². The van der Waals surface area contributed by atoms with Crippen molar-refractivity contribution in [1.82, 2.24) is 10.2 Å². The van der Waals surface area contributed by atoms with Crippen LogP contribution in [0.15, 0.2) is 48.5 Å². The Kier molecular flexibility index (Phi) is 5.58. The number of nitrogens with zero attached hydrogens (tertiary/aromatic N) is 1. The molecule has 2 aliphatic rings. The van der Waals surface area contributed by atoms with Gasteiger partial charge in [0, 0.05) is 12.5 Å². The molecule has 142 valence electrons. The van der Waals surface area contributed by atoms with Gasteiger partial charge in [0.15, 0.2) is 0 Å². The Morgan fingerprint density at radius 1 is 1.07 bits per heavy atom. The van der Waals surface area contributed by atoms with Crippen LogP contribution in [0.25, 0.3) is 0 Å². The number of amides is 1. The summed E-state index contributed by atoms with van der Waals surface area (Å²) in [6, 6.07) is 17.4. The Hall–Kier alpha value is -2.13. The van der Waals surface area contributed by atoms with E-state index in [-0.39, 0.29) is 17.9 Å². The zero-order valence-corrected chi connectivity index (χ0v) is 16.3. The number of nitrogens with one attached hydrogen (secondary N) is 1. The second-order valence-electron chi connectivity index (χ2n) is 8.15. The summed E-state index contributed by atoms with van der Waals surface area (Å²) in [5.41, 5.74) is 5.56. The molecule has 0 bridgehead atoms. The average Bonchev–Trinajstić information content (AvgIpc) is 3.17. The summed E-state index contributed by atoms with van der Waals surface area (Å²) in [6.07, 6.45) is 5.56. The van der Waals surface area contributed by atoms with E-state index in [0.29, 0.717) is 0 Å². The van der Waals surface area contributed by atoms with E-state index in [1.165, 1.54) is 41.5 Å². The molecule has 0 unspecified atom stereocenters. The maximum Gasteiger partial charge on any atom is 0.223 e. The smallest absolute Gasteiger partial charge is 0.223 e. The van der Waals surface area contributed by atoms with Crippen LogP contribution < -0.4 is 5.32 Å². The van der Waals surface area contributed by atoms with Gasteiger partial charge < -0.3 is 5.32 Å². The minimum atomic E-state index is 0.0887. The van der Waals surface area contributed by atoms with Crippen molar-refractivity contribution >= 4 is 5.91 Å². The number of rotatable bonds is 5. The Morgan fingerprint density at radius 3 is 2.59 bits per heavy atom. The molecule has 3 heteroatoms. The first kappa shape index (κ1) is 18.2. The number of likely N-dealkylation sites (tertiary alicyclic amines) is 1. The molecule has 1 amide bonds. The molecule has 1 heterocycles. The highest BCUT2D eigenvalue weighted by molar-refractivity contribution is 5.79. The number of benzene rings is 2. The number of carbonyl (C=O) groups excluding carboxylic acids is 1. The van der Waals surface area contributed by atoms with Gasteiger partial charge in [-0.3, -0.25) is 9.69 Å². The highest BCUT2D eigenvalue weighted by Crippen LogP contribution is 2.26. The second kappa shape index (κ2) is 8.26. The van der Waals surface area contributed by atoms with Crippen molar-refractivity contribution in [1.29, 1.82) is 0 Å². The first-order valence-electron chi connectivity index (χ1n) is 10.4. The van der Waals surface area contributed by atoms with E-state index in [4.69, 9.17) is 0 Å². The summed E-state index contributed by atoms with van der Waals surface area (Å²) in [5.74, 6) is 0.372. The molecule has 1 atom stereocenters. The molecule has 1 fully saturated rings. The Morgan fingerprint density at radius 2 is 1.81 bits per heavy atom. The molecule has 0 spiro atoms. The second-order valence-corrected chi connectivity index (χ2v) is 8.15. The SMILES string of the molecule is C[C@@H](NC(=O)C1CCN(Cc2ccccc2)CC1)c1ccc2c(c1)CCC2. The Labute approximate surface area is 162 Å². The van der Waals surface area contributed by atoms with E-state index in [1.54, 1.807) is 0 Å². The van der Waals surface area contributed by atoms with Crippen molar-refractivity contribution < 1.29 is 4.79 Å². The van der Waals surface area contributed by atoms with Crippen LogP contribution in [0.5, 0.6) is 0 Å². The third-order valence-electron chi connectivity index (χ3n) is 6.19. The van der Waals surface area contributed by atoms with Gasteiger partial charge >= 0.3 is 0 Å². The summed E-state index contributed by atoms with van der Waals surface area (Å²) in [5, 5.41) is 3.26. The van der Waals surface area contributed by atoms with Crippen molar-refractivity contribution in [2.75, 3.05) is 13.1 Å². The molecule has 2 aromatic carbocycles. The normalized spacial score (nSPS) is 18.9. The molecule has 1 aliphatic carbocycles. The largest absolute Gasteiger partial charge is 0.349 e. The summed E-state index contributed by atoms with van der Waals surface area (Å²) in [4.78, 5) is 15.2. The van der Waals surface area contributed by atoms with Crippen molar-refractivity contribution in [2.45, 2.75) is 51.6 Å². The highest BCUT2D eigenvalue weighted by atomic mass is 16.1. The van der Waals surface area contributed by atoms with E-state index in [0.717, 1.165) is 32.5 Å². The van der Waals surface area contributed by atoms with Crippen LogP contribution in [-0.2, 0) is 24.2 Å². The van der Waals surface area contributed by atoms with Crippen LogP contribution in [-0.4, -0.2) is 23.9 Å². The molecule has 1 saturated heterocycles. The zero-order valence-electron chi connectivity index (χ0n) is 16.3. The summed E-state index contributed by atoms with van der Waals surface area (Å²) in [6.45, 7) is 5.10. The number of hydrogen-bond acceptors (Lipinski definition) is 2. The molecule has 0 saturated carbocycles. The van der Waals surface area contributed by atoms with Gasteiger partial charge in [0.1, 0.15) is 0 Å². The lowest BCUT2D eigenvalue weighted by Crippen LogP contribution is -2.40. The predicted octanol–water partition coefficient (Wildman–Crippen LogP) is 4.26. The molecule has 3 nitrogen and oxygen atoms in total. The molecular weight excluding hydrogens is 332 g/mol. The molecule has 27 heavy (non-hydrogen) atoms. The van der Waals surface area contributed by atoms with Gasteiger partial charge in [-0.2, -0.15) is 0 Å². The number of aryl methyl sites for hydroxylation is 2. The minimum absolute atomic E-state index is 0.0887. The van der Waals surface area contributed by atoms with Crippen molar-refractivity contribution in [2.24, 2.45) is 5.92 Å². The molecule has 0 radical (unpaired) electrons. The summed E-state index contributed by atoms with van der Waals surface area (Å²) in [7, 11) is 0. The zero-order chi connectivity index (χ0) is 18.6. The maximum absolute atomic E-state index is 12.8. The molecular formula is C24H30N2O. The fraction of sp³-hybridized carbons (Fsp3) is 0.458. The minimum Gasteiger partial charge on any atom is -0.349 e. The van der Waals surface area contributed by atoms with Gasteiger partial charge in [-0.1, -0.05) is 48.5 Å². The van der Waals surface area contributed by atoms with E-state index >= 15 is 0 Å². The van der Waals surface area contributed by atoms with Gasteiger partial charge in [-0.25, -0.2) is 0 Å². The summed E-state index contributed by atoms with van der Waals surface area (Å²) >= 11 is 0. The third-order valence-corrected chi connectivity index (χ3v) is 6.19. The highest BCUT2D eigenvalue weighted by Gasteiger charge is 2.26. The Balaban J connectivity index is 1.28. The number of fused-ring (bicyclic) bond motifs is 1. The number of piperidine rings is 1. The van der Waals surface area contributed by atoms with Gasteiger partial charge in [0.2, 0.25) is 5.91 Å². The maximum atomic E-state index is 12.8. The van der Waals surface area contributed by atoms with E-state index in [2.05, 4.69) is 65.7 Å². The van der Waals surface area contributed by atoms with Gasteiger partial charge in [0.05, 0.1) is 6.04 Å². The monoisotopic (exact) mass is 362 g/mol. The average molecular weight is 363 g/mol.